The number of amides is 7. The molecule has 360 valence electrons. The number of primary amides is 1. The van der Waals surface area contributed by atoms with E-state index in [1.165, 1.54) is 4.90 Å². The molecular formula is C46H75N7O11. The summed E-state index contributed by atoms with van der Waals surface area (Å²) < 4.78 is 22.3. The molecule has 1 aliphatic carbocycles. The van der Waals surface area contributed by atoms with Gasteiger partial charge in [-0.1, -0.05) is 103 Å². The highest BCUT2D eigenvalue weighted by atomic mass is 16.6. The zero-order valence-corrected chi connectivity index (χ0v) is 38.8. The maximum atomic E-state index is 14.5. The number of hydrogen-bond acceptors (Lipinski definition) is 11. The number of ether oxygens (including phenoxy) is 4. The second kappa shape index (κ2) is 28.7. The third-order valence-electron chi connectivity index (χ3n) is 11.6. The normalized spacial score (nSPS) is 24.9. The molecule has 1 saturated heterocycles. The van der Waals surface area contributed by atoms with Crippen molar-refractivity contribution in [3.8, 4) is 0 Å². The summed E-state index contributed by atoms with van der Waals surface area (Å²) in [5.74, 6) is -3.81. The van der Waals surface area contributed by atoms with Crippen molar-refractivity contribution in [2.75, 3.05) is 40.0 Å². The smallest absolute Gasteiger partial charge is 0.407 e. The van der Waals surface area contributed by atoms with Crippen LogP contribution in [0, 0.1) is 17.8 Å². The molecular weight excluding hydrogens is 827 g/mol. The van der Waals surface area contributed by atoms with E-state index in [1.807, 2.05) is 19.9 Å². The van der Waals surface area contributed by atoms with Crippen LogP contribution in [0.2, 0.25) is 0 Å². The molecule has 3 rings (SSSR count). The zero-order valence-electron chi connectivity index (χ0n) is 38.8. The minimum absolute atomic E-state index is 0.0108. The predicted octanol–water partition coefficient (Wildman–Crippen LogP) is 3.83. The second-order valence-corrected chi connectivity index (χ2v) is 17.6. The summed E-state index contributed by atoms with van der Waals surface area (Å²) >= 11 is 0. The molecule has 0 aromatic heterocycles. The van der Waals surface area contributed by atoms with Gasteiger partial charge in [0.15, 0.2) is 0 Å². The highest BCUT2D eigenvalue weighted by molar-refractivity contribution is 5.96. The fraction of sp³-hybridized carbons (Fsp3) is 0.717. The number of carbonyl (C=O) groups excluding carboxylic acids is 7. The van der Waals surface area contributed by atoms with Gasteiger partial charge in [0, 0.05) is 26.1 Å². The number of benzene rings is 1. The summed E-state index contributed by atoms with van der Waals surface area (Å²) in [7, 11) is 1.61. The molecule has 2 fully saturated rings. The van der Waals surface area contributed by atoms with Crippen molar-refractivity contribution >= 4 is 41.7 Å². The summed E-state index contributed by atoms with van der Waals surface area (Å²) in [5, 5.41) is 13.9. The van der Waals surface area contributed by atoms with Gasteiger partial charge in [-0.25, -0.2) is 9.59 Å². The van der Waals surface area contributed by atoms with E-state index in [4.69, 9.17) is 24.7 Å². The Morgan fingerprint density at radius 2 is 1.53 bits per heavy atom. The average molecular weight is 902 g/mol. The maximum Gasteiger partial charge on any atom is 0.407 e. The first-order valence-corrected chi connectivity index (χ1v) is 23.1. The fourth-order valence-electron chi connectivity index (χ4n) is 7.96. The minimum atomic E-state index is -1.45. The molecule has 7 atom stereocenters. The fourth-order valence-corrected chi connectivity index (χ4v) is 7.96. The van der Waals surface area contributed by atoms with Crippen molar-refractivity contribution in [3.05, 3.63) is 35.9 Å². The van der Waals surface area contributed by atoms with Gasteiger partial charge in [-0.15, -0.1) is 0 Å². The van der Waals surface area contributed by atoms with E-state index in [1.54, 1.807) is 45.2 Å². The first-order chi connectivity index (χ1) is 30.6. The molecule has 0 radical (unpaired) electrons. The van der Waals surface area contributed by atoms with Gasteiger partial charge in [0.2, 0.25) is 29.5 Å². The number of hydrogen-bond donors (Lipinski definition) is 6. The first kappa shape index (κ1) is 53.4. The van der Waals surface area contributed by atoms with Gasteiger partial charge in [-0.3, -0.25) is 24.0 Å². The Bertz CT molecular complexity index is 1630. The highest BCUT2D eigenvalue weighted by Crippen LogP contribution is 2.28. The minimum Gasteiger partial charge on any atom is -0.450 e. The standard InChI is InChI=1S/C46H75N7O11/c1-7-8-9-16-22-38-32(5)44(58)53(6)37(25-30(2)3)42(56)52-39(34-20-14-11-15-21-34)43(57)50-35(26-48-46(60)64-28-33-18-12-10-13-19-33)40(54)51-36(41(55)49-31(4)27-63-38)29-61-23-17-24-62-45(47)59/h10,12-13,18-19,30-32,34-39H,7-9,11,14-17,20-29H2,1-6H3,(H2,47,59)(H,48,60)(H,49,55)(H,50,57)(H,51,54)(H,52,56)/t31-,32-,35+,36+,37+,38-,39+/m1/s1. The van der Waals surface area contributed by atoms with Crippen molar-refractivity contribution < 1.29 is 52.5 Å². The van der Waals surface area contributed by atoms with E-state index in [-0.39, 0.29) is 57.2 Å². The lowest BCUT2D eigenvalue weighted by Crippen LogP contribution is -2.62. The molecule has 0 unspecified atom stereocenters. The van der Waals surface area contributed by atoms with Gasteiger partial charge < -0.3 is 56.2 Å². The average Bonchev–Trinajstić information content (AvgIpc) is 3.27. The van der Waals surface area contributed by atoms with E-state index in [2.05, 4.69) is 33.5 Å². The number of nitrogens with two attached hydrogens (primary N) is 1. The highest BCUT2D eigenvalue weighted by Gasteiger charge is 2.39. The van der Waals surface area contributed by atoms with E-state index >= 15 is 0 Å². The monoisotopic (exact) mass is 902 g/mol. The number of unbranched alkanes of at least 4 members (excludes halogenated alkanes) is 3. The second-order valence-electron chi connectivity index (χ2n) is 17.6. The van der Waals surface area contributed by atoms with Gasteiger partial charge in [-0.05, 0) is 50.0 Å². The molecule has 7 amide bonds. The Balaban J connectivity index is 2.03. The molecule has 1 aliphatic heterocycles. The lowest BCUT2D eigenvalue weighted by molar-refractivity contribution is -0.147. The Morgan fingerprint density at radius 1 is 0.844 bits per heavy atom. The third kappa shape index (κ3) is 19.0. The van der Waals surface area contributed by atoms with Gasteiger partial charge in [0.1, 0.15) is 30.8 Å². The van der Waals surface area contributed by atoms with Crippen LogP contribution in [-0.2, 0) is 49.5 Å². The number of likely N-dealkylation sites (N-methyl/N-ethyl adjacent to an activating group) is 1. The third-order valence-corrected chi connectivity index (χ3v) is 11.6. The summed E-state index contributed by atoms with van der Waals surface area (Å²) in [6, 6.07) is 3.64. The Kier molecular flexibility index (Phi) is 24.0. The molecule has 64 heavy (non-hydrogen) atoms. The van der Waals surface area contributed by atoms with Crippen LogP contribution >= 0.6 is 0 Å². The number of rotatable bonds is 18. The number of alkyl carbamates (subject to hydrolysis) is 1. The van der Waals surface area contributed by atoms with Crippen LogP contribution in [0.4, 0.5) is 9.59 Å². The molecule has 0 bridgehead atoms. The van der Waals surface area contributed by atoms with Crippen molar-refractivity contribution in [2.45, 2.75) is 155 Å². The quantitative estimate of drug-likeness (QED) is 0.116. The van der Waals surface area contributed by atoms with Crippen LogP contribution in [-0.4, -0.2) is 123 Å². The number of nitrogens with zero attached hydrogens (tertiary/aromatic N) is 1. The lowest BCUT2D eigenvalue weighted by Gasteiger charge is -2.36. The number of carbonyl (C=O) groups is 7. The SMILES string of the molecule is CCCCCC[C@H]1OC[C@@H](C)NC(=O)[C@H](COCCCOC(N)=O)NC(=O)[C@H](CNC(=O)OCc2ccccc2)NC(=O)[C@H](C2CCCCC2)NC(=O)[C@H](CC(C)C)N(C)C(=O)[C@@H]1C. The summed E-state index contributed by atoms with van der Waals surface area (Å²) in [6.45, 7) is 8.80. The van der Waals surface area contributed by atoms with Crippen LogP contribution in [0.5, 0.6) is 0 Å². The van der Waals surface area contributed by atoms with Crippen LogP contribution in [0.3, 0.4) is 0 Å². The molecule has 1 aromatic carbocycles. The van der Waals surface area contributed by atoms with Gasteiger partial charge in [0.25, 0.3) is 0 Å². The molecule has 1 saturated carbocycles. The molecule has 1 aromatic rings. The van der Waals surface area contributed by atoms with Gasteiger partial charge >= 0.3 is 12.2 Å². The van der Waals surface area contributed by atoms with E-state index in [0.29, 0.717) is 25.7 Å². The Hall–Kier alpha value is -4.97. The van der Waals surface area contributed by atoms with Gasteiger partial charge in [0.05, 0.1) is 38.4 Å². The molecule has 1 heterocycles. The maximum absolute atomic E-state index is 14.5. The molecule has 0 spiro atoms. The van der Waals surface area contributed by atoms with Crippen molar-refractivity contribution in [1.82, 2.24) is 31.5 Å². The van der Waals surface area contributed by atoms with E-state index < -0.39 is 84.6 Å². The largest absolute Gasteiger partial charge is 0.450 e. The summed E-state index contributed by atoms with van der Waals surface area (Å²) in [6.07, 6.45) is 6.53. The first-order valence-electron chi connectivity index (χ1n) is 23.1. The van der Waals surface area contributed by atoms with Crippen LogP contribution < -0.4 is 32.3 Å². The van der Waals surface area contributed by atoms with Crippen molar-refractivity contribution in [1.29, 1.82) is 0 Å². The zero-order chi connectivity index (χ0) is 47.0. The van der Waals surface area contributed by atoms with Crippen LogP contribution in [0.15, 0.2) is 30.3 Å². The summed E-state index contributed by atoms with van der Waals surface area (Å²) in [4.78, 5) is 97.1. The molecule has 2 aliphatic rings. The topological polar surface area (TPSA) is 246 Å². The lowest BCUT2D eigenvalue weighted by atomic mass is 9.83. The van der Waals surface area contributed by atoms with Crippen LogP contribution in [0.25, 0.3) is 0 Å². The number of nitrogens with one attached hydrogen (secondary N) is 5. The van der Waals surface area contributed by atoms with Gasteiger partial charge in [-0.2, -0.15) is 0 Å². The van der Waals surface area contributed by atoms with Crippen molar-refractivity contribution in [2.24, 2.45) is 23.5 Å². The molecule has 18 heteroatoms. The Labute approximate surface area is 378 Å². The predicted molar refractivity (Wildman–Crippen MR) is 239 cm³/mol. The van der Waals surface area contributed by atoms with Crippen molar-refractivity contribution in [3.63, 3.8) is 0 Å². The molecule has 18 nitrogen and oxygen atoms in total. The Morgan fingerprint density at radius 3 is 2.20 bits per heavy atom. The van der Waals surface area contributed by atoms with E-state index in [9.17, 15) is 33.6 Å². The van der Waals surface area contributed by atoms with E-state index in [0.717, 1.165) is 50.5 Å². The summed E-state index contributed by atoms with van der Waals surface area (Å²) in [5.41, 5.74) is 5.79. The molecule has 7 N–H and O–H groups in total. The van der Waals surface area contributed by atoms with Crippen LogP contribution in [0.1, 0.15) is 117 Å².